The molecule has 0 unspecified atom stereocenters. The van der Waals surface area contributed by atoms with Crippen molar-refractivity contribution < 1.29 is 9.90 Å². The molecule has 2 heterocycles. The summed E-state index contributed by atoms with van der Waals surface area (Å²) in [7, 11) is 0. The highest BCUT2D eigenvalue weighted by atomic mass is 32.1. The zero-order chi connectivity index (χ0) is 11.0. The van der Waals surface area contributed by atoms with Gasteiger partial charge in [-0.05, 0) is 24.8 Å². The van der Waals surface area contributed by atoms with Crippen LogP contribution in [-0.2, 0) is 0 Å². The molecule has 6 heteroatoms. The molecule has 2 aromatic heterocycles. The average Bonchev–Trinajstić information content (AvgIpc) is 2.71. The Labute approximate surface area is 90.0 Å². The summed E-state index contributed by atoms with van der Waals surface area (Å²) in [4.78, 5) is 11.1. The van der Waals surface area contributed by atoms with Gasteiger partial charge in [0.2, 0.25) is 0 Å². The lowest BCUT2D eigenvalue weighted by Gasteiger charge is -2.02. The number of carboxylic acids is 1. The molecule has 0 aliphatic rings. The van der Waals surface area contributed by atoms with Crippen LogP contribution in [0.25, 0.3) is 5.00 Å². The van der Waals surface area contributed by atoms with Crippen molar-refractivity contribution in [3.05, 3.63) is 28.7 Å². The molecule has 5 nitrogen and oxygen atoms in total. The number of aromatic carboxylic acids is 1. The van der Waals surface area contributed by atoms with E-state index in [1.165, 1.54) is 17.7 Å². The van der Waals surface area contributed by atoms with E-state index < -0.39 is 5.97 Å². The molecule has 0 saturated carbocycles. The predicted molar refractivity (Wildman–Crippen MR) is 55.7 cm³/mol. The van der Waals surface area contributed by atoms with Crippen LogP contribution in [0.2, 0.25) is 0 Å². The molecular formula is C9H9N3O2S. The molecule has 0 bridgehead atoms. The van der Waals surface area contributed by atoms with E-state index in [1.54, 1.807) is 18.4 Å². The molecule has 0 aliphatic carbocycles. The number of nitrogens with zero attached hydrogens (tertiary/aromatic N) is 3. The van der Waals surface area contributed by atoms with Gasteiger partial charge in [0.1, 0.15) is 17.2 Å². The van der Waals surface area contributed by atoms with Gasteiger partial charge in [0, 0.05) is 0 Å². The van der Waals surface area contributed by atoms with Gasteiger partial charge in [-0.2, -0.15) is 0 Å². The van der Waals surface area contributed by atoms with Gasteiger partial charge < -0.3 is 5.11 Å². The topological polar surface area (TPSA) is 68.0 Å². The third kappa shape index (κ3) is 1.52. The number of thiophene rings is 1. The van der Waals surface area contributed by atoms with E-state index >= 15 is 0 Å². The van der Waals surface area contributed by atoms with E-state index in [4.69, 9.17) is 5.11 Å². The van der Waals surface area contributed by atoms with Crippen LogP contribution in [0.15, 0.2) is 11.7 Å². The molecule has 0 amide bonds. The number of hydrogen-bond acceptors (Lipinski definition) is 4. The van der Waals surface area contributed by atoms with Crippen LogP contribution in [0.1, 0.15) is 21.7 Å². The van der Waals surface area contributed by atoms with E-state index in [0.29, 0.717) is 16.4 Å². The summed E-state index contributed by atoms with van der Waals surface area (Å²) >= 11 is 1.38. The maximum absolute atomic E-state index is 11.1. The summed E-state index contributed by atoms with van der Waals surface area (Å²) in [5.74, 6) is -0.240. The van der Waals surface area contributed by atoms with Crippen molar-refractivity contribution in [1.29, 1.82) is 0 Å². The maximum atomic E-state index is 11.1. The molecular weight excluding hydrogens is 214 g/mol. The van der Waals surface area contributed by atoms with Crippen molar-refractivity contribution in [1.82, 2.24) is 14.8 Å². The van der Waals surface area contributed by atoms with Crippen molar-refractivity contribution in [2.45, 2.75) is 13.8 Å². The molecule has 15 heavy (non-hydrogen) atoms. The van der Waals surface area contributed by atoms with Crippen molar-refractivity contribution >= 4 is 17.3 Å². The molecule has 0 aliphatic heterocycles. The van der Waals surface area contributed by atoms with Gasteiger partial charge in [0.05, 0.1) is 5.56 Å². The molecule has 0 radical (unpaired) electrons. The van der Waals surface area contributed by atoms with Crippen LogP contribution in [-0.4, -0.2) is 25.8 Å². The molecule has 1 N–H and O–H groups in total. The molecule has 2 aromatic rings. The first-order valence-electron chi connectivity index (χ1n) is 4.29. The summed E-state index contributed by atoms with van der Waals surface area (Å²) in [5, 5.41) is 19.1. The maximum Gasteiger partial charge on any atom is 0.339 e. The molecule has 0 fully saturated rings. The molecule has 0 aromatic carbocycles. The highest BCUT2D eigenvalue weighted by molar-refractivity contribution is 7.13. The minimum Gasteiger partial charge on any atom is -0.478 e. The Balaban J connectivity index is 2.64. The van der Waals surface area contributed by atoms with Crippen LogP contribution in [0.5, 0.6) is 0 Å². The Morgan fingerprint density at radius 3 is 2.80 bits per heavy atom. The Hall–Kier alpha value is -1.69. The van der Waals surface area contributed by atoms with E-state index in [2.05, 4.69) is 10.2 Å². The highest BCUT2D eigenvalue weighted by Gasteiger charge is 2.18. The van der Waals surface area contributed by atoms with Crippen LogP contribution in [0, 0.1) is 13.8 Å². The van der Waals surface area contributed by atoms with E-state index in [0.717, 1.165) is 5.56 Å². The van der Waals surface area contributed by atoms with Crippen LogP contribution in [0.4, 0.5) is 0 Å². The van der Waals surface area contributed by atoms with Gasteiger partial charge in [0.15, 0.2) is 0 Å². The number of rotatable bonds is 2. The number of hydrogen-bond donors (Lipinski definition) is 1. The lowest BCUT2D eigenvalue weighted by molar-refractivity contribution is 0.0697. The molecule has 0 spiro atoms. The van der Waals surface area contributed by atoms with Gasteiger partial charge in [-0.15, -0.1) is 21.5 Å². The lowest BCUT2D eigenvalue weighted by atomic mass is 10.2. The summed E-state index contributed by atoms with van der Waals surface area (Å²) in [6.45, 7) is 3.57. The first kappa shape index (κ1) is 9.85. The molecule has 2 rings (SSSR count). The van der Waals surface area contributed by atoms with Crippen LogP contribution < -0.4 is 0 Å². The van der Waals surface area contributed by atoms with Gasteiger partial charge in [-0.3, -0.25) is 4.57 Å². The number of aryl methyl sites for hydroxylation is 2. The Morgan fingerprint density at radius 2 is 2.27 bits per heavy atom. The fourth-order valence-corrected chi connectivity index (χ4v) is 2.43. The minimum absolute atomic E-state index is 0.322. The first-order chi connectivity index (χ1) is 7.11. The Morgan fingerprint density at radius 1 is 1.53 bits per heavy atom. The molecule has 78 valence electrons. The fourth-order valence-electron chi connectivity index (χ4n) is 1.36. The summed E-state index contributed by atoms with van der Waals surface area (Å²) in [6.07, 6.45) is 1.52. The fraction of sp³-hybridized carbons (Fsp3) is 0.222. The second-order valence-corrected chi connectivity index (χ2v) is 4.01. The monoisotopic (exact) mass is 223 g/mol. The van der Waals surface area contributed by atoms with Gasteiger partial charge in [-0.1, -0.05) is 0 Å². The summed E-state index contributed by atoms with van der Waals surface area (Å²) in [6, 6.07) is 0. The number of carbonyl (C=O) groups is 1. The van der Waals surface area contributed by atoms with E-state index in [1.807, 2.05) is 5.38 Å². The summed E-state index contributed by atoms with van der Waals surface area (Å²) in [5.41, 5.74) is 1.08. The standard InChI is InChI=1S/C9H9N3O2S/c1-5-3-15-8(7(5)9(13)14)12-4-10-11-6(12)2/h3-4H,1-2H3,(H,13,14). The van der Waals surface area contributed by atoms with E-state index in [9.17, 15) is 4.79 Å². The summed E-state index contributed by atoms with van der Waals surface area (Å²) < 4.78 is 1.68. The van der Waals surface area contributed by atoms with Crippen molar-refractivity contribution in [2.24, 2.45) is 0 Å². The van der Waals surface area contributed by atoms with Crippen LogP contribution in [0.3, 0.4) is 0 Å². The SMILES string of the molecule is Cc1csc(-n2cnnc2C)c1C(=O)O. The average molecular weight is 223 g/mol. The predicted octanol–water partition coefficient (Wildman–Crippen LogP) is 1.64. The second-order valence-electron chi connectivity index (χ2n) is 3.15. The largest absolute Gasteiger partial charge is 0.478 e. The van der Waals surface area contributed by atoms with Crippen molar-refractivity contribution in [2.75, 3.05) is 0 Å². The normalized spacial score (nSPS) is 10.5. The van der Waals surface area contributed by atoms with Crippen molar-refractivity contribution in [3.8, 4) is 5.00 Å². The van der Waals surface area contributed by atoms with Gasteiger partial charge >= 0.3 is 5.97 Å². The Bertz CT molecular complexity index is 515. The first-order valence-corrected chi connectivity index (χ1v) is 5.17. The van der Waals surface area contributed by atoms with E-state index in [-0.39, 0.29) is 0 Å². The zero-order valence-electron chi connectivity index (χ0n) is 8.26. The van der Waals surface area contributed by atoms with Crippen LogP contribution >= 0.6 is 11.3 Å². The van der Waals surface area contributed by atoms with Gasteiger partial charge in [0.25, 0.3) is 0 Å². The molecule has 0 saturated heterocycles. The quantitative estimate of drug-likeness (QED) is 0.840. The number of aromatic nitrogens is 3. The zero-order valence-corrected chi connectivity index (χ0v) is 9.08. The number of carboxylic acid groups (broad SMARTS) is 1. The minimum atomic E-state index is -0.920. The third-order valence-corrected chi connectivity index (χ3v) is 3.20. The third-order valence-electron chi connectivity index (χ3n) is 2.11. The smallest absolute Gasteiger partial charge is 0.339 e. The van der Waals surface area contributed by atoms with Gasteiger partial charge in [-0.25, -0.2) is 4.79 Å². The molecule has 0 atom stereocenters. The lowest BCUT2D eigenvalue weighted by Crippen LogP contribution is -2.03. The second kappa shape index (κ2) is 3.47. The van der Waals surface area contributed by atoms with Crippen molar-refractivity contribution in [3.63, 3.8) is 0 Å². The Kier molecular flexibility index (Phi) is 2.28. The highest BCUT2D eigenvalue weighted by Crippen LogP contribution is 2.26.